The Kier molecular flexibility index (Phi) is 6.56. The monoisotopic (exact) mass is 476 g/mol. The first-order valence-electron chi connectivity index (χ1n) is 11.0. The number of carbonyl (C=O) groups is 3. The summed E-state index contributed by atoms with van der Waals surface area (Å²) in [5.41, 5.74) is 3.24. The van der Waals surface area contributed by atoms with Crippen LogP contribution >= 0.6 is 0 Å². The molecule has 1 atom stereocenters. The molecule has 1 aliphatic rings. The SMILES string of the molecule is [C-]#[N+][C@@H]1CC(F)(F)CN1C(=O)CCC(=O)c1ccnc2ccc(-c3cccc(NC(C)=O)c3)cc12. The van der Waals surface area contributed by atoms with Gasteiger partial charge < -0.3 is 5.32 Å². The minimum Gasteiger partial charge on any atom is -0.326 e. The molecular weight excluding hydrogens is 454 g/mol. The van der Waals surface area contributed by atoms with Gasteiger partial charge in [0.15, 0.2) is 5.78 Å². The van der Waals surface area contributed by atoms with E-state index in [-0.39, 0.29) is 24.5 Å². The van der Waals surface area contributed by atoms with E-state index >= 15 is 0 Å². The van der Waals surface area contributed by atoms with Crippen LogP contribution in [-0.4, -0.2) is 46.1 Å². The summed E-state index contributed by atoms with van der Waals surface area (Å²) >= 11 is 0. The topological polar surface area (TPSA) is 83.7 Å². The van der Waals surface area contributed by atoms with Crippen LogP contribution in [0, 0.1) is 6.57 Å². The molecule has 1 aliphatic heterocycles. The second kappa shape index (κ2) is 9.58. The number of hydrogen-bond acceptors (Lipinski definition) is 4. The van der Waals surface area contributed by atoms with Gasteiger partial charge in [-0.25, -0.2) is 15.4 Å². The molecule has 0 radical (unpaired) electrons. The van der Waals surface area contributed by atoms with Gasteiger partial charge in [0, 0.05) is 42.6 Å². The lowest BCUT2D eigenvalue weighted by Crippen LogP contribution is -2.35. The first-order chi connectivity index (χ1) is 16.7. The molecule has 0 saturated carbocycles. The highest BCUT2D eigenvalue weighted by atomic mass is 19.3. The van der Waals surface area contributed by atoms with Crippen molar-refractivity contribution in [3.05, 3.63) is 71.7 Å². The number of Topliss-reactive ketones (excluding diaryl/α,β-unsaturated/α-hetero) is 1. The summed E-state index contributed by atoms with van der Waals surface area (Å²) in [5.74, 6) is -4.23. The van der Waals surface area contributed by atoms with Gasteiger partial charge in [-0.05, 0) is 41.5 Å². The number of anilines is 1. The van der Waals surface area contributed by atoms with Crippen molar-refractivity contribution in [2.45, 2.75) is 38.3 Å². The number of pyridine rings is 1. The van der Waals surface area contributed by atoms with Crippen LogP contribution in [0.15, 0.2) is 54.7 Å². The standard InChI is InChI=1S/C26H22F2N4O3/c1-16(33)31-19-5-3-4-17(12-19)18-6-7-22-21(13-18)20(10-11-30-22)23(34)8-9-25(35)32-15-26(27,28)14-24(32)29-2/h3-7,10-13,24H,8-9,14-15H2,1H3,(H,31,33)/t24-/m0/s1. The lowest BCUT2D eigenvalue weighted by atomic mass is 9.97. The van der Waals surface area contributed by atoms with E-state index in [1.54, 1.807) is 18.2 Å². The van der Waals surface area contributed by atoms with Crippen molar-refractivity contribution in [3.63, 3.8) is 0 Å². The number of likely N-dealkylation sites (tertiary alicyclic amines) is 1. The summed E-state index contributed by atoms with van der Waals surface area (Å²) in [4.78, 5) is 45.2. The first kappa shape index (κ1) is 24.0. The smallest absolute Gasteiger partial charge is 0.306 e. The molecule has 1 fully saturated rings. The van der Waals surface area contributed by atoms with Gasteiger partial charge in [-0.15, -0.1) is 0 Å². The number of carbonyl (C=O) groups excluding carboxylic acids is 3. The summed E-state index contributed by atoms with van der Waals surface area (Å²) in [6.45, 7) is 7.71. The lowest BCUT2D eigenvalue weighted by molar-refractivity contribution is -0.132. The van der Waals surface area contributed by atoms with Crippen LogP contribution < -0.4 is 5.32 Å². The van der Waals surface area contributed by atoms with Crippen molar-refractivity contribution in [1.29, 1.82) is 0 Å². The highest BCUT2D eigenvalue weighted by Crippen LogP contribution is 2.33. The van der Waals surface area contributed by atoms with Gasteiger partial charge in [-0.3, -0.25) is 29.1 Å². The van der Waals surface area contributed by atoms with E-state index in [0.29, 0.717) is 22.2 Å². The van der Waals surface area contributed by atoms with Crippen molar-refractivity contribution in [2.24, 2.45) is 0 Å². The number of benzene rings is 2. The Morgan fingerprint density at radius 3 is 2.66 bits per heavy atom. The molecule has 1 N–H and O–H groups in total. The number of alkyl halides is 2. The molecule has 9 heteroatoms. The van der Waals surface area contributed by atoms with Gasteiger partial charge in [-0.1, -0.05) is 18.2 Å². The van der Waals surface area contributed by atoms with Crippen LogP contribution in [0.25, 0.3) is 26.9 Å². The molecule has 2 amide bonds. The number of nitrogens with zero attached hydrogens (tertiary/aromatic N) is 3. The number of halogens is 2. The fraction of sp³-hybridized carbons (Fsp3) is 0.269. The zero-order chi connectivity index (χ0) is 25.2. The predicted octanol–water partition coefficient (Wildman–Crippen LogP) is 4.94. The Hall–Kier alpha value is -4.19. The average Bonchev–Trinajstić information content (AvgIpc) is 3.16. The fourth-order valence-electron chi connectivity index (χ4n) is 4.21. The molecule has 2 aromatic carbocycles. The molecule has 0 bridgehead atoms. The lowest BCUT2D eigenvalue weighted by Gasteiger charge is -2.16. The van der Waals surface area contributed by atoms with Crippen LogP contribution in [-0.2, 0) is 9.59 Å². The van der Waals surface area contributed by atoms with Gasteiger partial charge >= 0.3 is 6.17 Å². The molecule has 0 spiro atoms. The number of hydrogen-bond donors (Lipinski definition) is 1. The zero-order valence-corrected chi connectivity index (χ0v) is 18.9. The first-order valence-corrected chi connectivity index (χ1v) is 11.0. The number of rotatable bonds is 6. The molecule has 7 nitrogen and oxygen atoms in total. The van der Waals surface area contributed by atoms with Crippen molar-refractivity contribution < 1.29 is 23.2 Å². The Morgan fingerprint density at radius 2 is 1.91 bits per heavy atom. The van der Waals surface area contributed by atoms with Gasteiger partial charge in [0.05, 0.1) is 12.1 Å². The van der Waals surface area contributed by atoms with E-state index in [4.69, 9.17) is 6.57 Å². The normalized spacial score (nSPS) is 16.6. The summed E-state index contributed by atoms with van der Waals surface area (Å²) in [5, 5.41) is 3.33. The van der Waals surface area contributed by atoms with Crippen molar-refractivity contribution >= 4 is 34.2 Å². The van der Waals surface area contributed by atoms with E-state index in [9.17, 15) is 23.2 Å². The summed E-state index contributed by atoms with van der Waals surface area (Å²) < 4.78 is 27.3. The Balaban J connectivity index is 1.56. The number of nitrogens with one attached hydrogen (secondary N) is 1. The number of ketones is 1. The van der Waals surface area contributed by atoms with Gasteiger partial charge in [-0.2, -0.15) is 0 Å². The third kappa shape index (κ3) is 5.32. The van der Waals surface area contributed by atoms with Crippen molar-refractivity contribution in [1.82, 2.24) is 9.88 Å². The van der Waals surface area contributed by atoms with E-state index in [0.717, 1.165) is 16.0 Å². The van der Waals surface area contributed by atoms with Crippen LogP contribution in [0.5, 0.6) is 0 Å². The van der Waals surface area contributed by atoms with Crippen LogP contribution in [0.3, 0.4) is 0 Å². The third-order valence-corrected chi connectivity index (χ3v) is 5.84. The second-order valence-corrected chi connectivity index (χ2v) is 8.47. The zero-order valence-electron chi connectivity index (χ0n) is 18.9. The Morgan fingerprint density at radius 1 is 1.14 bits per heavy atom. The number of amides is 2. The molecule has 1 aromatic heterocycles. The van der Waals surface area contributed by atoms with Crippen LogP contribution in [0.4, 0.5) is 14.5 Å². The van der Waals surface area contributed by atoms with E-state index in [1.165, 1.54) is 13.1 Å². The molecule has 4 rings (SSSR count). The predicted molar refractivity (Wildman–Crippen MR) is 127 cm³/mol. The molecule has 178 valence electrons. The maximum atomic E-state index is 13.7. The van der Waals surface area contributed by atoms with Gasteiger partial charge in [0.2, 0.25) is 11.8 Å². The fourth-order valence-corrected chi connectivity index (χ4v) is 4.21. The largest absolute Gasteiger partial charge is 0.326 e. The molecular formula is C26H22F2N4O3. The van der Waals surface area contributed by atoms with Crippen LogP contribution in [0.1, 0.15) is 36.5 Å². The molecule has 3 aromatic rings. The highest BCUT2D eigenvalue weighted by Gasteiger charge is 2.50. The van der Waals surface area contributed by atoms with Crippen LogP contribution in [0.2, 0.25) is 0 Å². The maximum Gasteiger partial charge on any atom is 0.306 e. The van der Waals surface area contributed by atoms with E-state index in [1.807, 2.05) is 30.3 Å². The molecule has 0 unspecified atom stereocenters. The Labute approximate surface area is 200 Å². The minimum atomic E-state index is -3.09. The quantitative estimate of drug-likeness (QED) is 0.404. The van der Waals surface area contributed by atoms with Gasteiger partial charge in [0.25, 0.3) is 5.92 Å². The van der Waals surface area contributed by atoms with Gasteiger partial charge in [0.1, 0.15) is 6.42 Å². The number of aromatic nitrogens is 1. The summed E-state index contributed by atoms with van der Waals surface area (Å²) in [6, 6.07) is 14.3. The average molecular weight is 476 g/mol. The Bertz CT molecular complexity index is 1370. The number of fused-ring (bicyclic) bond motifs is 1. The maximum absolute atomic E-state index is 13.7. The summed E-state index contributed by atoms with van der Waals surface area (Å²) in [6.07, 6.45) is -0.817. The molecule has 2 heterocycles. The molecule has 0 aliphatic carbocycles. The van der Waals surface area contributed by atoms with E-state index in [2.05, 4.69) is 15.1 Å². The van der Waals surface area contributed by atoms with Crippen molar-refractivity contribution in [3.8, 4) is 11.1 Å². The highest BCUT2D eigenvalue weighted by molar-refractivity contribution is 6.08. The second-order valence-electron chi connectivity index (χ2n) is 8.47. The van der Waals surface area contributed by atoms with Crippen molar-refractivity contribution in [2.75, 3.05) is 11.9 Å². The minimum absolute atomic E-state index is 0.174. The molecule has 35 heavy (non-hydrogen) atoms. The third-order valence-electron chi connectivity index (χ3n) is 5.84. The molecule has 1 saturated heterocycles. The van der Waals surface area contributed by atoms with E-state index < -0.39 is 31.0 Å². The summed E-state index contributed by atoms with van der Waals surface area (Å²) in [7, 11) is 0.